The van der Waals surface area contributed by atoms with Crippen molar-refractivity contribution in [3.8, 4) is 0 Å². The van der Waals surface area contributed by atoms with E-state index in [9.17, 15) is 4.79 Å². The maximum absolute atomic E-state index is 11.6. The van der Waals surface area contributed by atoms with Gasteiger partial charge in [0, 0.05) is 12.2 Å². The standard InChI is InChI=1S/C10H12N4O/c1-6(2)14-10(15)7-3-8-9(11-4-7)13-5-12-8/h3-6H,1-2H3,(H,14,15)(H,11,12,13). The number of aromatic nitrogens is 3. The first-order chi connectivity index (χ1) is 7.16. The van der Waals surface area contributed by atoms with Gasteiger partial charge in [0.05, 0.1) is 17.4 Å². The summed E-state index contributed by atoms with van der Waals surface area (Å²) < 4.78 is 0. The summed E-state index contributed by atoms with van der Waals surface area (Å²) in [4.78, 5) is 22.6. The number of nitrogens with one attached hydrogen (secondary N) is 2. The molecule has 0 aliphatic heterocycles. The van der Waals surface area contributed by atoms with Crippen molar-refractivity contribution < 1.29 is 4.79 Å². The minimum absolute atomic E-state index is 0.117. The quantitative estimate of drug-likeness (QED) is 0.769. The van der Waals surface area contributed by atoms with Crippen LogP contribution in [0.5, 0.6) is 0 Å². The van der Waals surface area contributed by atoms with E-state index in [2.05, 4.69) is 20.3 Å². The number of pyridine rings is 1. The number of carbonyl (C=O) groups is 1. The maximum atomic E-state index is 11.6. The Balaban J connectivity index is 2.31. The van der Waals surface area contributed by atoms with E-state index in [-0.39, 0.29) is 11.9 Å². The van der Waals surface area contributed by atoms with Crippen molar-refractivity contribution in [2.45, 2.75) is 19.9 Å². The first-order valence-corrected chi connectivity index (χ1v) is 4.77. The third-order valence-electron chi connectivity index (χ3n) is 1.96. The van der Waals surface area contributed by atoms with Gasteiger partial charge in [-0.3, -0.25) is 4.79 Å². The van der Waals surface area contributed by atoms with Crippen molar-refractivity contribution in [1.82, 2.24) is 20.3 Å². The van der Waals surface area contributed by atoms with Gasteiger partial charge in [0.2, 0.25) is 0 Å². The van der Waals surface area contributed by atoms with Gasteiger partial charge >= 0.3 is 0 Å². The third kappa shape index (κ3) is 1.96. The minimum Gasteiger partial charge on any atom is -0.350 e. The van der Waals surface area contributed by atoms with Crippen LogP contribution in [0.4, 0.5) is 0 Å². The topological polar surface area (TPSA) is 70.7 Å². The molecule has 0 spiro atoms. The molecule has 0 radical (unpaired) electrons. The molecule has 2 heterocycles. The zero-order valence-electron chi connectivity index (χ0n) is 8.61. The van der Waals surface area contributed by atoms with Gasteiger partial charge in [0.25, 0.3) is 5.91 Å². The van der Waals surface area contributed by atoms with Crippen LogP contribution in [0.3, 0.4) is 0 Å². The van der Waals surface area contributed by atoms with Gasteiger partial charge in [0.1, 0.15) is 0 Å². The summed E-state index contributed by atoms with van der Waals surface area (Å²) in [6, 6.07) is 1.86. The Labute approximate surface area is 86.9 Å². The highest BCUT2D eigenvalue weighted by atomic mass is 16.1. The minimum atomic E-state index is -0.117. The van der Waals surface area contributed by atoms with E-state index in [1.165, 1.54) is 6.20 Å². The van der Waals surface area contributed by atoms with Gasteiger partial charge in [-0.05, 0) is 19.9 Å². The van der Waals surface area contributed by atoms with Crippen LogP contribution in [-0.2, 0) is 0 Å². The van der Waals surface area contributed by atoms with Crippen molar-refractivity contribution in [2.24, 2.45) is 0 Å². The predicted molar refractivity (Wildman–Crippen MR) is 56.5 cm³/mol. The van der Waals surface area contributed by atoms with Crippen molar-refractivity contribution in [1.29, 1.82) is 0 Å². The molecule has 0 aromatic carbocycles. The molecule has 78 valence electrons. The van der Waals surface area contributed by atoms with Crippen molar-refractivity contribution in [3.63, 3.8) is 0 Å². The lowest BCUT2D eigenvalue weighted by Crippen LogP contribution is -2.30. The first-order valence-electron chi connectivity index (χ1n) is 4.77. The number of hydrogen-bond donors (Lipinski definition) is 2. The Kier molecular flexibility index (Phi) is 2.37. The van der Waals surface area contributed by atoms with Crippen molar-refractivity contribution in [2.75, 3.05) is 0 Å². The first kappa shape index (κ1) is 9.64. The van der Waals surface area contributed by atoms with E-state index in [0.29, 0.717) is 11.2 Å². The van der Waals surface area contributed by atoms with Crippen LogP contribution in [0.15, 0.2) is 18.6 Å². The van der Waals surface area contributed by atoms with Crippen LogP contribution in [-0.4, -0.2) is 26.9 Å². The largest absolute Gasteiger partial charge is 0.350 e. The Hall–Kier alpha value is -1.91. The van der Waals surface area contributed by atoms with Gasteiger partial charge in [0.15, 0.2) is 5.65 Å². The number of imidazole rings is 1. The molecule has 0 saturated carbocycles. The summed E-state index contributed by atoms with van der Waals surface area (Å²) in [5.41, 5.74) is 1.93. The molecule has 5 heteroatoms. The lowest BCUT2D eigenvalue weighted by molar-refractivity contribution is 0.0943. The summed E-state index contributed by atoms with van der Waals surface area (Å²) in [5.74, 6) is -0.117. The van der Waals surface area contributed by atoms with Crippen LogP contribution >= 0.6 is 0 Å². The molecule has 0 bridgehead atoms. The number of H-pyrrole nitrogens is 1. The zero-order valence-corrected chi connectivity index (χ0v) is 8.61. The zero-order chi connectivity index (χ0) is 10.8. The molecule has 2 N–H and O–H groups in total. The monoisotopic (exact) mass is 204 g/mol. The number of nitrogens with zero attached hydrogens (tertiary/aromatic N) is 2. The Morgan fingerprint density at radius 3 is 3.00 bits per heavy atom. The smallest absolute Gasteiger partial charge is 0.253 e. The SMILES string of the molecule is CC(C)NC(=O)c1cnc2nc[nH]c2c1. The number of fused-ring (bicyclic) bond motifs is 1. The van der Waals surface area contributed by atoms with Gasteiger partial charge in [-0.2, -0.15) is 0 Å². The normalized spacial score (nSPS) is 10.9. The molecule has 2 aromatic rings. The highest BCUT2D eigenvalue weighted by Crippen LogP contribution is 2.08. The number of hydrogen-bond acceptors (Lipinski definition) is 3. The number of carbonyl (C=O) groups excluding carboxylic acids is 1. The molecular weight excluding hydrogens is 192 g/mol. The Morgan fingerprint density at radius 2 is 2.27 bits per heavy atom. The predicted octanol–water partition coefficient (Wildman–Crippen LogP) is 1.10. The molecule has 0 aliphatic rings. The average molecular weight is 204 g/mol. The van der Waals surface area contributed by atoms with Crippen LogP contribution < -0.4 is 5.32 Å². The van der Waals surface area contributed by atoms with E-state index in [0.717, 1.165) is 5.52 Å². The third-order valence-corrected chi connectivity index (χ3v) is 1.96. The average Bonchev–Trinajstić information content (AvgIpc) is 2.62. The van der Waals surface area contributed by atoms with E-state index in [4.69, 9.17) is 0 Å². The van der Waals surface area contributed by atoms with Crippen molar-refractivity contribution >= 4 is 17.1 Å². The number of amides is 1. The van der Waals surface area contributed by atoms with E-state index in [1.807, 2.05) is 13.8 Å². The van der Waals surface area contributed by atoms with Crippen LogP contribution in [0.2, 0.25) is 0 Å². The summed E-state index contributed by atoms with van der Waals surface area (Å²) in [7, 11) is 0. The molecule has 1 amide bonds. The number of rotatable bonds is 2. The summed E-state index contributed by atoms with van der Waals surface area (Å²) in [5, 5.41) is 2.80. The fourth-order valence-corrected chi connectivity index (χ4v) is 1.30. The second-order valence-corrected chi connectivity index (χ2v) is 3.63. The lowest BCUT2D eigenvalue weighted by atomic mass is 10.2. The molecule has 2 aromatic heterocycles. The van der Waals surface area contributed by atoms with Gasteiger partial charge < -0.3 is 10.3 Å². The molecular formula is C10H12N4O. The van der Waals surface area contributed by atoms with Crippen LogP contribution in [0.25, 0.3) is 11.2 Å². The molecule has 15 heavy (non-hydrogen) atoms. The fraction of sp³-hybridized carbons (Fsp3) is 0.300. The summed E-state index contributed by atoms with van der Waals surface area (Å²) in [6.07, 6.45) is 3.09. The second-order valence-electron chi connectivity index (χ2n) is 3.63. The maximum Gasteiger partial charge on any atom is 0.253 e. The molecule has 5 nitrogen and oxygen atoms in total. The molecule has 0 unspecified atom stereocenters. The number of aromatic amines is 1. The molecule has 0 saturated heterocycles. The van der Waals surface area contributed by atoms with Gasteiger partial charge in [-0.15, -0.1) is 0 Å². The Bertz CT molecular complexity index is 489. The Morgan fingerprint density at radius 1 is 1.47 bits per heavy atom. The second kappa shape index (κ2) is 3.68. The van der Waals surface area contributed by atoms with Crippen LogP contribution in [0.1, 0.15) is 24.2 Å². The molecule has 0 fully saturated rings. The van der Waals surface area contributed by atoms with E-state index in [1.54, 1.807) is 12.4 Å². The van der Waals surface area contributed by atoms with Crippen LogP contribution in [0, 0.1) is 0 Å². The summed E-state index contributed by atoms with van der Waals surface area (Å²) >= 11 is 0. The van der Waals surface area contributed by atoms with Gasteiger partial charge in [-0.1, -0.05) is 0 Å². The molecule has 0 atom stereocenters. The summed E-state index contributed by atoms with van der Waals surface area (Å²) in [6.45, 7) is 3.83. The molecule has 0 aliphatic carbocycles. The van der Waals surface area contributed by atoms with E-state index >= 15 is 0 Å². The van der Waals surface area contributed by atoms with E-state index < -0.39 is 0 Å². The fourth-order valence-electron chi connectivity index (χ4n) is 1.30. The highest BCUT2D eigenvalue weighted by molar-refractivity contribution is 5.96. The lowest BCUT2D eigenvalue weighted by Gasteiger charge is -2.07. The molecule has 2 rings (SSSR count). The van der Waals surface area contributed by atoms with Crippen molar-refractivity contribution in [3.05, 3.63) is 24.2 Å². The highest BCUT2D eigenvalue weighted by Gasteiger charge is 2.08. The van der Waals surface area contributed by atoms with Gasteiger partial charge in [-0.25, -0.2) is 9.97 Å².